The van der Waals surface area contributed by atoms with Crippen LogP contribution >= 0.6 is 0 Å². The number of fused-ring (bicyclic) bond motifs is 1. The highest BCUT2D eigenvalue weighted by atomic mass is 16.6. The molecule has 0 aromatic heterocycles. The maximum atomic E-state index is 11.9. The number of carbonyl (C=O) groups excluding carboxylic acids is 1. The van der Waals surface area contributed by atoms with E-state index in [0.29, 0.717) is 19.6 Å². The molecule has 2 aliphatic rings. The molecule has 2 fully saturated rings. The molecule has 0 radical (unpaired) electrons. The van der Waals surface area contributed by atoms with Crippen molar-refractivity contribution >= 4 is 6.09 Å². The van der Waals surface area contributed by atoms with Gasteiger partial charge in [0.15, 0.2) is 0 Å². The van der Waals surface area contributed by atoms with E-state index in [-0.39, 0.29) is 6.61 Å². The number of benzene rings is 1. The predicted octanol–water partition coefficient (Wildman–Crippen LogP) is 1.67. The van der Waals surface area contributed by atoms with E-state index in [0.717, 1.165) is 5.56 Å². The van der Waals surface area contributed by atoms with Gasteiger partial charge in [-0.1, -0.05) is 36.4 Å². The molecule has 1 unspecified atom stereocenters. The Bertz CT molecular complexity index is 617. The summed E-state index contributed by atoms with van der Waals surface area (Å²) in [6.45, 7) is 6.16. The van der Waals surface area contributed by atoms with Crippen molar-refractivity contribution in [1.29, 1.82) is 0 Å². The quantitative estimate of drug-likeness (QED) is 0.611. The van der Waals surface area contributed by atoms with Crippen molar-refractivity contribution in [2.24, 2.45) is 5.92 Å². The fraction of sp³-hybridized carbons (Fsp3) is 0.500. The van der Waals surface area contributed by atoms with Gasteiger partial charge in [-0.2, -0.15) is 0 Å². The maximum absolute atomic E-state index is 11.9. The summed E-state index contributed by atoms with van der Waals surface area (Å²) < 4.78 is 10.7. The minimum absolute atomic E-state index is 0.0131. The van der Waals surface area contributed by atoms with Crippen molar-refractivity contribution in [3.05, 3.63) is 48.6 Å². The van der Waals surface area contributed by atoms with Crippen LogP contribution in [0.25, 0.3) is 0 Å². The normalized spacial score (nSPS) is 35.0. The topological polar surface area (TPSA) is 79.2 Å². The number of rotatable bonds is 6. The average Bonchev–Trinajstić information content (AvgIpc) is 3.00. The summed E-state index contributed by atoms with van der Waals surface area (Å²) in [5.74, 6) is -0.542. The van der Waals surface area contributed by atoms with Crippen LogP contribution in [0.2, 0.25) is 0 Å². The zero-order valence-corrected chi connectivity index (χ0v) is 13.7. The minimum atomic E-state index is -1.35. The van der Waals surface area contributed by atoms with Gasteiger partial charge >= 0.3 is 6.09 Å². The number of amides is 1. The Morgan fingerprint density at radius 1 is 1.46 bits per heavy atom. The third-order valence-electron chi connectivity index (χ3n) is 5.29. The summed E-state index contributed by atoms with van der Waals surface area (Å²) >= 11 is 0. The van der Waals surface area contributed by atoms with Gasteiger partial charge in [-0.05, 0) is 18.9 Å². The average molecular weight is 333 g/mol. The van der Waals surface area contributed by atoms with Crippen LogP contribution in [0.3, 0.4) is 0 Å². The van der Waals surface area contributed by atoms with Gasteiger partial charge in [0.25, 0.3) is 0 Å². The number of hydrogen-bond acceptors (Lipinski definition) is 5. The SMILES string of the molecule is C=C[C@@]12COC(=O)N1C(O)[C@H](CCOCc1ccccc1)[C@]2(C)O. The monoisotopic (exact) mass is 333 g/mol. The predicted molar refractivity (Wildman–Crippen MR) is 87.0 cm³/mol. The second-order valence-corrected chi connectivity index (χ2v) is 6.55. The van der Waals surface area contributed by atoms with E-state index < -0.39 is 29.4 Å². The van der Waals surface area contributed by atoms with Gasteiger partial charge in [-0.15, -0.1) is 6.58 Å². The van der Waals surface area contributed by atoms with Crippen LogP contribution in [-0.4, -0.2) is 51.8 Å². The Balaban J connectivity index is 1.65. The fourth-order valence-electron chi connectivity index (χ4n) is 3.77. The first-order chi connectivity index (χ1) is 11.4. The van der Waals surface area contributed by atoms with Gasteiger partial charge in [0.1, 0.15) is 18.4 Å². The first-order valence-electron chi connectivity index (χ1n) is 8.06. The lowest BCUT2D eigenvalue weighted by molar-refractivity contribution is -0.0581. The van der Waals surface area contributed by atoms with Crippen LogP contribution in [0.1, 0.15) is 18.9 Å². The van der Waals surface area contributed by atoms with Gasteiger partial charge in [0.05, 0.1) is 12.2 Å². The standard InChI is InChI=1S/C18H23NO5/c1-3-18-12-24-16(21)19(18)15(20)14(17(18,2)22)9-10-23-11-13-7-5-4-6-8-13/h3-8,14-15,20,22H,1,9-12H2,2H3/t14-,15?,17-,18-/m0/s1. The summed E-state index contributed by atoms with van der Waals surface area (Å²) in [7, 11) is 0. The molecule has 1 amide bonds. The van der Waals surface area contributed by atoms with E-state index in [1.807, 2.05) is 30.3 Å². The second-order valence-electron chi connectivity index (χ2n) is 6.55. The molecule has 3 rings (SSSR count). The van der Waals surface area contributed by atoms with Crippen molar-refractivity contribution in [3.63, 3.8) is 0 Å². The highest BCUT2D eigenvalue weighted by Crippen LogP contribution is 2.50. The van der Waals surface area contributed by atoms with Crippen LogP contribution < -0.4 is 0 Å². The lowest BCUT2D eigenvalue weighted by atomic mass is 9.76. The van der Waals surface area contributed by atoms with Gasteiger partial charge in [-0.25, -0.2) is 4.79 Å². The highest BCUT2D eigenvalue weighted by molar-refractivity contribution is 5.74. The maximum Gasteiger partial charge on any atom is 0.412 e. The van der Waals surface area contributed by atoms with Crippen LogP contribution in [0, 0.1) is 5.92 Å². The number of nitrogens with zero attached hydrogens (tertiary/aromatic N) is 1. The molecule has 0 spiro atoms. The van der Waals surface area contributed by atoms with Crippen LogP contribution in [0.15, 0.2) is 43.0 Å². The molecule has 0 bridgehead atoms. The van der Waals surface area contributed by atoms with Gasteiger partial charge in [-0.3, -0.25) is 4.90 Å². The summed E-state index contributed by atoms with van der Waals surface area (Å²) in [5.41, 5.74) is -1.40. The van der Waals surface area contributed by atoms with E-state index in [1.54, 1.807) is 6.92 Å². The molecular formula is C18H23NO5. The Morgan fingerprint density at radius 3 is 2.79 bits per heavy atom. The lowest BCUT2D eigenvalue weighted by Gasteiger charge is -2.37. The molecule has 24 heavy (non-hydrogen) atoms. The molecule has 0 saturated carbocycles. The van der Waals surface area contributed by atoms with Crippen molar-refractivity contribution in [1.82, 2.24) is 4.90 Å². The van der Waals surface area contributed by atoms with E-state index in [4.69, 9.17) is 9.47 Å². The molecule has 2 saturated heterocycles. The Kier molecular flexibility index (Phi) is 4.38. The summed E-state index contributed by atoms with van der Waals surface area (Å²) in [4.78, 5) is 13.1. The van der Waals surface area contributed by atoms with Crippen LogP contribution in [0.4, 0.5) is 4.79 Å². The summed E-state index contributed by atoms with van der Waals surface area (Å²) in [6, 6.07) is 9.77. The number of hydrogen-bond donors (Lipinski definition) is 2. The fourth-order valence-corrected chi connectivity index (χ4v) is 3.77. The van der Waals surface area contributed by atoms with E-state index >= 15 is 0 Å². The smallest absolute Gasteiger partial charge is 0.412 e. The van der Waals surface area contributed by atoms with Gasteiger partial charge < -0.3 is 19.7 Å². The van der Waals surface area contributed by atoms with Crippen LogP contribution in [0.5, 0.6) is 0 Å². The van der Waals surface area contributed by atoms with Crippen molar-refractivity contribution in [2.75, 3.05) is 13.2 Å². The van der Waals surface area contributed by atoms with Crippen molar-refractivity contribution < 1.29 is 24.5 Å². The number of aliphatic hydroxyl groups excluding tert-OH is 1. The molecule has 2 N–H and O–H groups in total. The van der Waals surface area contributed by atoms with Gasteiger partial charge in [0.2, 0.25) is 0 Å². The van der Waals surface area contributed by atoms with Gasteiger partial charge in [0, 0.05) is 12.5 Å². The number of ether oxygens (including phenoxy) is 2. The molecule has 4 atom stereocenters. The molecule has 2 heterocycles. The summed E-state index contributed by atoms with van der Waals surface area (Å²) in [6.07, 6.45) is 0.149. The lowest BCUT2D eigenvalue weighted by Crippen LogP contribution is -2.56. The second kappa shape index (κ2) is 6.20. The third kappa shape index (κ3) is 2.42. The number of carbonyl (C=O) groups is 1. The molecular weight excluding hydrogens is 310 g/mol. The van der Waals surface area contributed by atoms with Crippen molar-refractivity contribution in [2.45, 2.75) is 37.3 Å². The third-order valence-corrected chi connectivity index (χ3v) is 5.29. The first kappa shape index (κ1) is 17.0. The number of aliphatic hydroxyl groups is 2. The number of cyclic esters (lactones) is 1. The molecule has 2 aliphatic heterocycles. The highest BCUT2D eigenvalue weighted by Gasteiger charge is 2.69. The molecule has 6 heteroatoms. The zero-order chi connectivity index (χ0) is 17.4. The zero-order valence-electron chi connectivity index (χ0n) is 13.7. The molecule has 1 aromatic carbocycles. The minimum Gasteiger partial charge on any atom is -0.446 e. The molecule has 130 valence electrons. The van der Waals surface area contributed by atoms with E-state index in [2.05, 4.69) is 6.58 Å². The van der Waals surface area contributed by atoms with E-state index in [9.17, 15) is 15.0 Å². The first-order valence-corrected chi connectivity index (χ1v) is 8.06. The largest absolute Gasteiger partial charge is 0.446 e. The Labute approximate surface area is 141 Å². The molecule has 6 nitrogen and oxygen atoms in total. The Morgan fingerprint density at radius 2 is 2.17 bits per heavy atom. The molecule has 1 aromatic rings. The summed E-state index contributed by atoms with van der Waals surface area (Å²) in [5, 5.41) is 21.6. The molecule has 0 aliphatic carbocycles. The van der Waals surface area contributed by atoms with E-state index in [1.165, 1.54) is 11.0 Å². The van der Waals surface area contributed by atoms with Crippen LogP contribution in [-0.2, 0) is 16.1 Å². The Hall–Kier alpha value is -1.89. The van der Waals surface area contributed by atoms with Crippen molar-refractivity contribution in [3.8, 4) is 0 Å².